The zero-order valence-electron chi connectivity index (χ0n) is 13.0. The van der Waals surface area contributed by atoms with Crippen LogP contribution in [0.4, 0.5) is 0 Å². The highest BCUT2D eigenvalue weighted by molar-refractivity contribution is 5.91. The van der Waals surface area contributed by atoms with Crippen molar-refractivity contribution in [2.45, 2.75) is 57.5 Å². The van der Waals surface area contributed by atoms with E-state index in [1.165, 1.54) is 12.5 Å². The van der Waals surface area contributed by atoms with E-state index < -0.39 is 5.60 Å². The number of hydrogen-bond acceptors (Lipinski definition) is 5. The van der Waals surface area contributed by atoms with Crippen molar-refractivity contribution in [1.29, 1.82) is 0 Å². The summed E-state index contributed by atoms with van der Waals surface area (Å²) in [5.74, 6) is -0.622. The standard InChI is InChI=1S/C17H20O5/c1-7-5-6-10-8(2)16(19)21-13(10)12-11(7)14(20-9(3)18)15-17(12,4)22-15/h10,12-15H,2,5-6H2,1,3-4H3/t10-,12-,13-,14+,15+,17-/m0/s1. The van der Waals surface area contributed by atoms with Crippen LogP contribution < -0.4 is 0 Å². The van der Waals surface area contributed by atoms with Crippen LogP contribution in [0.5, 0.6) is 0 Å². The van der Waals surface area contributed by atoms with Gasteiger partial charge in [0.2, 0.25) is 0 Å². The molecule has 4 aliphatic rings. The third kappa shape index (κ3) is 1.63. The number of hydrogen-bond donors (Lipinski definition) is 0. The van der Waals surface area contributed by atoms with Crippen LogP contribution in [0.15, 0.2) is 23.3 Å². The zero-order chi connectivity index (χ0) is 15.8. The van der Waals surface area contributed by atoms with E-state index >= 15 is 0 Å². The van der Waals surface area contributed by atoms with Crippen molar-refractivity contribution in [3.05, 3.63) is 23.3 Å². The van der Waals surface area contributed by atoms with Crippen molar-refractivity contribution in [2.24, 2.45) is 11.8 Å². The first-order chi connectivity index (χ1) is 10.3. The van der Waals surface area contributed by atoms with Crippen LogP contribution in [0, 0.1) is 11.8 Å². The molecule has 118 valence electrons. The van der Waals surface area contributed by atoms with Crippen LogP contribution in [0.3, 0.4) is 0 Å². The molecule has 5 nitrogen and oxygen atoms in total. The van der Waals surface area contributed by atoms with Gasteiger partial charge in [0.15, 0.2) is 6.10 Å². The minimum absolute atomic E-state index is 0.0303. The van der Waals surface area contributed by atoms with Gasteiger partial charge in [-0.25, -0.2) is 4.79 Å². The first kappa shape index (κ1) is 14.0. The molecule has 5 heteroatoms. The van der Waals surface area contributed by atoms with E-state index in [0.29, 0.717) is 5.57 Å². The number of epoxide rings is 1. The Morgan fingerprint density at radius 2 is 2.18 bits per heavy atom. The third-order valence-corrected chi connectivity index (χ3v) is 5.72. The predicted molar refractivity (Wildman–Crippen MR) is 76.8 cm³/mol. The largest absolute Gasteiger partial charge is 0.458 e. The van der Waals surface area contributed by atoms with Gasteiger partial charge >= 0.3 is 11.9 Å². The summed E-state index contributed by atoms with van der Waals surface area (Å²) in [5, 5.41) is 0. The summed E-state index contributed by atoms with van der Waals surface area (Å²) in [4.78, 5) is 23.4. The molecule has 4 rings (SSSR count). The van der Waals surface area contributed by atoms with Gasteiger partial charge in [-0.3, -0.25) is 4.79 Å². The van der Waals surface area contributed by atoms with E-state index in [2.05, 4.69) is 13.5 Å². The third-order valence-electron chi connectivity index (χ3n) is 5.72. The Morgan fingerprint density at radius 1 is 1.45 bits per heavy atom. The molecule has 6 atom stereocenters. The lowest BCUT2D eigenvalue weighted by Gasteiger charge is -2.28. The minimum atomic E-state index is -0.408. The van der Waals surface area contributed by atoms with Crippen molar-refractivity contribution >= 4 is 11.9 Å². The Kier molecular flexibility index (Phi) is 2.69. The molecular weight excluding hydrogens is 284 g/mol. The number of esters is 2. The summed E-state index contributed by atoms with van der Waals surface area (Å²) in [7, 11) is 0. The van der Waals surface area contributed by atoms with E-state index in [1.807, 2.05) is 6.92 Å². The Balaban J connectivity index is 1.78. The van der Waals surface area contributed by atoms with E-state index in [4.69, 9.17) is 14.2 Å². The van der Waals surface area contributed by atoms with Crippen LogP contribution in [-0.2, 0) is 23.8 Å². The van der Waals surface area contributed by atoms with Gasteiger partial charge in [-0.1, -0.05) is 12.2 Å². The van der Waals surface area contributed by atoms with Crippen LogP contribution >= 0.6 is 0 Å². The number of carbonyl (C=O) groups is 2. The smallest absolute Gasteiger partial charge is 0.334 e. The van der Waals surface area contributed by atoms with Crippen molar-refractivity contribution in [2.75, 3.05) is 0 Å². The SMILES string of the molecule is C=C1C(=O)O[C@H]2[C@H]1CCC(C)=C1[C@@H](OC(C)=O)[C@H]3O[C@@]3(C)[C@@H]12. The molecular formula is C17H20O5. The van der Waals surface area contributed by atoms with E-state index in [9.17, 15) is 9.59 Å². The molecule has 0 spiro atoms. The second-order valence-electron chi connectivity index (χ2n) is 7.01. The van der Waals surface area contributed by atoms with Gasteiger partial charge < -0.3 is 14.2 Å². The van der Waals surface area contributed by atoms with Crippen LogP contribution in [0.25, 0.3) is 0 Å². The molecule has 2 aliphatic carbocycles. The Hall–Kier alpha value is -1.62. The summed E-state index contributed by atoms with van der Waals surface area (Å²) in [6.07, 6.45) is 0.983. The summed E-state index contributed by atoms with van der Waals surface area (Å²) in [5.41, 5.74) is 2.49. The number of allylic oxidation sites excluding steroid dienone is 1. The fraction of sp³-hybridized carbons (Fsp3) is 0.647. The van der Waals surface area contributed by atoms with Crippen LogP contribution in [0.1, 0.15) is 33.6 Å². The summed E-state index contributed by atoms with van der Waals surface area (Å²) in [6, 6.07) is 0. The van der Waals surface area contributed by atoms with Crippen molar-refractivity contribution in [3.8, 4) is 0 Å². The van der Waals surface area contributed by atoms with Gasteiger partial charge in [-0.05, 0) is 32.3 Å². The lowest BCUT2D eigenvalue weighted by atomic mass is 9.81. The monoisotopic (exact) mass is 304 g/mol. The maximum Gasteiger partial charge on any atom is 0.334 e. The number of fused-ring (bicyclic) bond motifs is 5. The Morgan fingerprint density at radius 3 is 2.86 bits per heavy atom. The molecule has 0 aromatic rings. The molecule has 2 aliphatic heterocycles. The summed E-state index contributed by atoms with van der Waals surface area (Å²) in [6.45, 7) is 9.43. The zero-order valence-corrected chi connectivity index (χ0v) is 13.0. The molecule has 0 bridgehead atoms. The van der Waals surface area contributed by atoms with Crippen molar-refractivity contribution < 1.29 is 23.8 Å². The van der Waals surface area contributed by atoms with E-state index in [1.54, 1.807) is 0 Å². The molecule has 0 unspecified atom stereocenters. The molecule has 2 saturated heterocycles. The Labute approximate surface area is 129 Å². The maximum atomic E-state index is 11.9. The average molecular weight is 304 g/mol. The van der Waals surface area contributed by atoms with Gasteiger partial charge in [0, 0.05) is 18.4 Å². The first-order valence-electron chi connectivity index (χ1n) is 7.79. The molecule has 0 N–H and O–H groups in total. The maximum absolute atomic E-state index is 11.9. The minimum Gasteiger partial charge on any atom is -0.458 e. The topological polar surface area (TPSA) is 65.1 Å². The van der Waals surface area contributed by atoms with E-state index in [0.717, 1.165) is 18.4 Å². The quantitative estimate of drug-likeness (QED) is 0.320. The average Bonchev–Trinajstić information content (AvgIpc) is 3.00. The number of carbonyl (C=O) groups excluding carboxylic acids is 2. The molecule has 0 amide bonds. The van der Waals surface area contributed by atoms with Crippen LogP contribution in [-0.4, -0.2) is 35.9 Å². The lowest BCUT2D eigenvalue weighted by molar-refractivity contribution is -0.147. The van der Waals surface area contributed by atoms with Gasteiger partial charge in [0.25, 0.3) is 0 Å². The normalized spacial score (nSPS) is 45.7. The van der Waals surface area contributed by atoms with Gasteiger partial charge in [0.05, 0.1) is 5.92 Å². The second kappa shape index (κ2) is 4.22. The molecule has 0 radical (unpaired) electrons. The molecule has 22 heavy (non-hydrogen) atoms. The number of ether oxygens (including phenoxy) is 3. The highest BCUT2D eigenvalue weighted by Crippen LogP contribution is 2.62. The van der Waals surface area contributed by atoms with E-state index in [-0.39, 0.29) is 42.1 Å². The summed E-state index contributed by atoms with van der Waals surface area (Å²) >= 11 is 0. The van der Waals surface area contributed by atoms with Crippen molar-refractivity contribution in [3.63, 3.8) is 0 Å². The van der Waals surface area contributed by atoms with Crippen LogP contribution in [0.2, 0.25) is 0 Å². The fourth-order valence-electron chi connectivity index (χ4n) is 4.60. The fourth-order valence-corrected chi connectivity index (χ4v) is 4.60. The highest BCUT2D eigenvalue weighted by atomic mass is 16.7. The molecule has 3 fully saturated rings. The highest BCUT2D eigenvalue weighted by Gasteiger charge is 2.74. The predicted octanol–water partition coefficient (Wildman–Crippen LogP) is 1.91. The second-order valence-corrected chi connectivity index (χ2v) is 7.01. The van der Waals surface area contributed by atoms with Gasteiger partial charge in [0.1, 0.15) is 17.8 Å². The first-order valence-corrected chi connectivity index (χ1v) is 7.79. The van der Waals surface area contributed by atoms with Crippen molar-refractivity contribution in [1.82, 2.24) is 0 Å². The van der Waals surface area contributed by atoms with Gasteiger partial charge in [-0.2, -0.15) is 0 Å². The molecule has 1 saturated carbocycles. The van der Waals surface area contributed by atoms with Gasteiger partial charge in [-0.15, -0.1) is 0 Å². The molecule has 0 aromatic heterocycles. The molecule has 2 heterocycles. The lowest BCUT2D eigenvalue weighted by Crippen LogP contribution is -2.35. The number of rotatable bonds is 1. The summed E-state index contributed by atoms with van der Waals surface area (Å²) < 4.78 is 17.1. The Bertz CT molecular complexity index is 633. The molecule has 0 aromatic carbocycles.